The summed E-state index contributed by atoms with van der Waals surface area (Å²) in [5.41, 5.74) is -2.79. The predicted molar refractivity (Wildman–Crippen MR) is 106 cm³/mol. The molecule has 0 saturated heterocycles. The maximum absolute atomic E-state index is 12.8. The number of amides is 1. The Morgan fingerprint density at radius 2 is 1.48 bits per heavy atom. The molecule has 0 radical (unpaired) electrons. The third kappa shape index (κ3) is 6.00. The number of anilines is 2. The second kappa shape index (κ2) is 8.73. The number of aromatic nitrogens is 1. The molecule has 174 valence electrons. The molecule has 0 bridgehead atoms. The van der Waals surface area contributed by atoms with Gasteiger partial charge in [-0.15, -0.1) is 0 Å². The van der Waals surface area contributed by atoms with E-state index in [1.807, 2.05) is 4.72 Å². The zero-order valence-corrected chi connectivity index (χ0v) is 17.0. The third-order valence-corrected chi connectivity index (χ3v) is 5.54. The largest absolute Gasteiger partial charge is 0.433 e. The van der Waals surface area contributed by atoms with Crippen LogP contribution in [0, 0.1) is 0 Å². The van der Waals surface area contributed by atoms with Crippen molar-refractivity contribution in [3.63, 3.8) is 0 Å². The molecule has 0 atom stereocenters. The number of rotatable bonds is 5. The monoisotopic (exact) mass is 489 g/mol. The molecule has 0 aliphatic heterocycles. The van der Waals surface area contributed by atoms with Gasteiger partial charge in [0.2, 0.25) is 0 Å². The Kier molecular flexibility index (Phi) is 6.36. The van der Waals surface area contributed by atoms with Crippen LogP contribution in [-0.4, -0.2) is 19.3 Å². The van der Waals surface area contributed by atoms with Crippen molar-refractivity contribution in [2.75, 3.05) is 10.0 Å². The van der Waals surface area contributed by atoms with Crippen molar-refractivity contribution in [3.8, 4) is 0 Å². The topological polar surface area (TPSA) is 88.2 Å². The van der Waals surface area contributed by atoms with E-state index in [9.17, 15) is 39.6 Å². The Labute approximate surface area is 183 Å². The molecule has 1 aromatic heterocycles. The first-order valence-electron chi connectivity index (χ1n) is 8.90. The van der Waals surface area contributed by atoms with Gasteiger partial charge in [-0.2, -0.15) is 26.3 Å². The summed E-state index contributed by atoms with van der Waals surface area (Å²) >= 11 is 0. The quantitative estimate of drug-likeness (QED) is 0.484. The highest BCUT2D eigenvalue weighted by Gasteiger charge is 2.32. The lowest BCUT2D eigenvalue weighted by Crippen LogP contribution is -2.16. The number of carbonyl (C=O) groups is 1. The molecule has 0 spiro atoms. The van der Waals surface area contributed by atoms with Crippen molar-refractivity contribution < 1.29 is 39.6 Å². The number of benzene rings is 2. The average Bonchev–Trinajstić information content (AvgIpc) is 2.73. The van der Waals surface area contributed by atoms with Crippen LogP contribution in [0.1, 0.15) is 21.6 Å². The Morgan fingerprint density at radius 1 is 0.818 bits per heavy atom. The fourth-order valence-corrected chi connectivity index (χ4v) is 3.71. The lowest BCUT2D eigenvalue weighted by molar-refractivity contribution is -0.141. The molecule has 0 unspecified atom stereocenters. The second-order valence-corrected chi connectivity index (χ2v) is 8.28. The van der Waals surface area contributed by atoms with Crippen LogP contribution in [0.5, 0.6) is 0 Å². The molecule has 3 aromatic rings. The first-order chi connectivity index (χ1) is 15.3. The van der Waals surface area contributed by atoms with Gasteiger partial charge in [0.25, 0.3) is 15.9 Å². The fraction of sp³-hybridized carbons (Fsp3) is 0.100. The first-order valence-corrected chi connectivity index (χ1v) is 10.4. The standard InChI is InChI=1S/C20H13F6N3O3S/c21-19(22,23)13-3-1-5-15(9-13)29-33(31,32)16-6-2-4-14(10-16)28-18(30)12-7-8-17(27-11-12)20(24,25)26/h1-11,29H,(H,28,30). The van der Waals surface area contributed by atoms with Gasteiger partial charge in [0.05, 0.1) is 16.0 Å². The van der Waals surface area contributed by atoms with E-state index >= 15 is 0 Å². The smallest absolute Gasteiger partial charge is 0.322 e. The minimum absolute atomic E-state index is 0.0215. The number of hydrogen-bond acceptors (Lipinski definition) is 4. The van der Waals surface area contributed by atoms with E-state index in [0.29, 0.717) is 18.3 Å². The highest BCUT2D eigenvalue weighted by Crippen LogP contribution is 2.31. The number of alkyl halides is 6. The Bertz CT molecular complexity index is 1270. The molecule has 13 heteroatoms. The fourth-order valence-electron chi connectivity index (χ4n) is 2.61. The molecule has 1 amide bonds. The SMILES string of the molecule is O=C(Nc1cccc(S(=O)(=O)Nc2cccc(C(F)(F)F)c2)c1)c1ccc(C(F)(F)F)nc1. The molecule has 2 N–H and O–H groups in total. The average molecular weight is 489 g/mol. The van der Waals surface area contributed by atoms with Gasteiger partial charge in [-0.3, -0.25) is 14.5 Å². The Balaban J connectivity index is 1.78. The summed E-state index contributed by atoms with van der Waals surface area (Å²) in [7, 11) is -4.33. The highest BCUT2D eigenvalue weighted by atomic mass is 32.2. The van der Waals surface area contributed by atoms with Gasteiger partial charge in [0, 0.05) is 17.6 Å². The lowest BCUT2D eigenvalue weighted by Gasteiger charge is -2.12. The van der Waals surface area contributed by atoms with Crippen LogP contribution >= 0.6 is 0 Å². The van der Waals surface area contributed by atoms with Crippen LogP contribution in [-0.2, 0) is 22.4 Å². The number of sulfonamides is 1. The maximum Gasteiger partial charge on any atom is 0.433 e. The third-order valence-electron chi connectivity index (χ3n) is 4.16. The van der Waals surface area contributed by atoms with Gasteiger partial charge >= 0.3 is 12.4 Å². The highest BCUT2D eigenvalue weighted by molar-refractivity contribution is 7.92. The van der Waals surface area contributed by atoms with Crippen LogP contribution in [0.15, 0.2) is 71.8 Å². The van der Waals surface area contributed by atoms with Gasteiger partial charge in [0.15, 0.2) is 0 Å². The summed E-state index contributed by atoms with van der Waals surface area (Å²) in [6.07, 6.45) is -8.63. The lowest BCUT2D eigenvalue weighted by atomic mass is 10.2. The number of nitrogens with one attached hydrogen (secondary N) is 2. The van der Waals surface area contributed by atoms with E-state index in [2.05, 4.69) is 10.3 Å². The number of hydrogen-bond donors (Lipinski definition) is 2. The number of halogens is 6. The first kappa shape index (κ1) is 24.0. The van der Waals surface area contributed by atoms with Gasteiger partial charge in [-0.1, -0.05) is 12.1 Å². The Morgan fingerprint density at radius 3 is 2.09 bits per heavy atom. The number of carbonyl (C=O) groups excluding carboxylic acids is 1. The molecule has 1 heterocycles. The second-order valence-electron chi connectivity index (χ2n) is 6.60. The Hall–Kier alpha value is -3.61. The predicted octanol–water partition coefficient (Wildman–Crippen LogP) is 5.17. The summed E-state index contributed by atoms with van der Waals surface area (Å²) in [4.78, 5) is 15.1. The van der Waals surface area contributed by atoms with Crippen LogP contribution in [0.4, 0.5) is 37.7 Å². The van der Waals surface area contributed by atoms with Gasteiger partial charge in [0.1, 0.15) is 5.69 Å². The van der Waals surface area contributed by atoms with Crippen molar-refractivity contribution in [3.05, 3.63) is 83.7 Å². The van der Waals surface area contributed by atoms with Crippen LogP contribution in [0.3, 0.4) is 0 Å². The van der Waals surface area contributed by atoms with E-state index in [4.69, 9.17) is 0 Å². The summed E-state index contributed by atoms with van der Waals surface area (Å²) < 4.78 is 103. The number of pyridine rings is 1. The van der Waals surface area contributed by atoms with E-state index in [1.165, 1.54) is 12.1 Å². The van der Waals surface area contributed by atoms with Crippen molar-refractivity contribution in [2.45, 2.75) is 17.2 Å². The summed E-state index contributed by atoms with van der Waals surface area (Å²) in [5.74, 6) is -0.850. The summed E-state index contributed by atoms with van der Waals surface area (Å²) in [5, 5.41) is 2.32. The van der Waals surface area contributed by atoms with E-state index in [-0.39, 0.29) is 21.8 Å². The van der Waals surface area contributed by atoms with Crippen LogP contribution in [0.25, 0.3) is 0 Å². The summed E-state index contributed by atoms with van der Waals surface area (Å²) in [6, 6.07) is 9.86. The number of nitrogens with zero attached hydrogens (tertiary/aromatic N) is 1. The van der Waals surface area contributed by atoms with Crippen LogP contribution in [0.2, 0.25) is 0 Å². The molecule has 0 aliphatic carbocycles. The van der Waals surface area contributed by atoms with Crippen molar-refractivity contribution in [1.29, 1.82) is 0 Å². The molecule has 0 fully saturated rings. The molecule has 0 saturated carbocycles. The molecule has 0 aliphatic rings. The molecule has 2 aromatic carbocycles. The van der Waals surface area contributed by atoms with Gasteiger partial charge in [-0.05, 0) is 48.5 Å². The molecular formula is C20H13F6N3O3S. The molecule has 6 nitrogen and oxygen atoms in total. The van der Waals surface area contributed by atoms with Crippen LogP contribution < -0.4 is 10.0 Å². The minimum Gasteiger partial charge on any atom is -0.322 e. The van der Waals surface area contributed by atoms with Crippen molar-refractivity contribution in [1.82, 2.24) is 4.98 Å². The molecule has 33 heavy (non-hydrogen) atoms. The molecule has 3 rings (SSSR count). The van der Waals surface area contributed by atoms with Crippen molar-refractivity contribution in [2.24, 2.45) is 0 Å². The van der Waals surface area contributed by atoms with E-state index in [1.54, 1.807) is 0 Å². The normalized spacial score (nSPS) is 12.3. The maximum atomic E-state index is 12.8. The van der Waals surface area contributed by atoms with Gasteiger partial charge < -0.3 is 5.32 Å². The van der Waals surface area contributed by atoms with E-state index < -0.39 is 39.5 Å². The summed E-state index contributed by atoms with van der Waals surface area (Å²) in [6.45, 7) is 0. The minimum atomic E-state index is -4.68. The molecular weight excluding hydrogens is 476 g/mol. The van der Waals surface area contributed by atoms with Crippen molar-refractivity contribution >= 4 is 27.3 Å². The van der Waals surface area contributed by atoms with E-state index in [0.717, 1.165) is 36.4 Å². The zero-order chi connectivity index (χ0) is 24.4. The zero-order valence-electron chi connectivity index (χ0n) is 16.2. The van der Waals surface area contributed by atoms with Gasteiger partial charge in [-0.25, -0.2) is 8.42 Å².